The van der Waals surface area contributed by atoms with E-state index in [1.807, 2.05) is 35.2 Å². The van der Waals surface area contributed by atoms with Crippen LogP contribution < -0.4 is 10.2 Å². The van der Waals surface area contributed by atoms with Crippen LogP contribution in [0.2, 0.25) is 0 Å². The monoisotopic (exact) mass is 365 g/mol. The van der Waals surface area contributed by atoms with Gasteiger partial charge in [0.2, 0.25) is 5.91 Å². The van der Waals surface area contributed by atoms with Crippen LogP contribution in [0.1, 0.15) is 0 Å². The van der Waals surface area contributed by atoms with Crippen molar-refractivity contribution in [1.29, 1.82) is 0 Å². The topological polar surface area (TPSA) is 105 Å². The van der Waals surface area contributed by atoms with E-state index in [0.717, 1.165) is 11.6 Å². The van der Waals surface area contributed by atoms with Crippen molar-refractivity contribution in [1.82, 2.24) is 34.8 Å². The minimum Gasteiger partial charge on any atom is -0.352 e. The fraction of sp³-hybridized carbons (Fsp3) is 0.294. The summed E-state index contributed by atoms with van der Waals surface area (Å²) in [7, 11) is 0. The zero-order valence-electron chi connectivity index (χ0n) is 14.6. The molecular weight excluding hydrogens is 346 g/mol. The molecule has 0 atom stereocenters. The SMILES string of the molecule is O=C(Cn1cncn1)N1CCN(c2ccc(Nc3ccccn3)nn2)CC1. The summed E-state index contributed by atoms with van der Waals surface area (Å²) in [5.74, 6) is 2.20. The quantitative estimate of drug-likeness (QED) is 0.699. The minimum absolute atomic E-state index is 0.0427. The van der Waals surface area contributed by atoms with Crippen molar-refractivity contribution >= 4 is 23.4 Å². The first-order valence-electron chi connectivity index (χ1n) is 8.65. The second-order valence-electron chi connectivity index (χ2n) is 6.08. The van der Waals surface area contributed by atoms with Gasteiger partial charge in [-0.25, -0.2) is 14.6 Å². The molecular formula is C17H19N9O. The molecule has 0 bridgehead atoms. The number of rotatable bonds is 5. The van der Waals surface area contributed by atoms with Gasteiger partial charge in [0.25, 0.3) is 0 Å². The van der Waals surface area contributed by atoms with Gasteiger partial charge >= 0.3 is 0 Å². The number of nitrogens with zero attached hydrogens (tertiary/aromatic N) is 8. The average Bonchev–Trinajstić information content (AvgIpc) is 3.22. The highest BCUT2D eigenvalue weighted by atomic mass is 16.2. The molecule has 1 amide bonds. The van der Waals surface area contributed by atoms with E-state index in [9.17, 15) is 4.79 Å². The Kier molecular flexibility index (Phi) is 4.86. The van der Waals surface area contributed by atoms with Crippen molar-refractivity contribution in [2.75, 3.05) is 36.4 Å². The smallest absolute Gasteiger partial charge is 0.244 e. The maximum Gasteiger partial charge on any atom is 0.244 e. The van der Waals surface area contributed by atoms with Crippen molar-refractivity contribution in [3.8, 4) is 0 Å². The Morgan fingerprint density at radius 2 is 1.93 bits per heavy atom. The molecule has 1 aliphatic rings. The van der Waals surface area contributed by atoms with Gasteiger partial charge in [0.15, 0.2) is 11.6 Å². The van der Waals surface area contributed by atoms with Crippen LogP contribution in [0.4, 0.5) is 17.5 Å². The lowest BCUT2D eigenvalue weighted by Gasteiger charge is -2.35. The molecule has 4 rings (SSSR count). The molecule has 1 saturated heterocycles. The van der Waals surface area contributed by atoms with E-state index in [0.29, 0.717) is 32.0 Å². The van der Waals surface area contributed by atoms with Crippen LogP contribution in [0, 0.1) is 0 Å². The lowest BCUT2D eigenvalue weighted by atomic mass is 10.3. The Labute approximate surface area is 155 Å². The molecule has 3 aromatic rings. The Hall–Kier alpha value is -3.56. The highest BCUT2D eigenvalue weighted by Gasteiger charge is 2.22. The summed E-state index contributed by atoms with van der Waals surface area (Å²) in [6, 6.07) is 9.42. The largest absolute Gasteiger partial charge is 0.352 e. The summed E-state index contributed by atoms with van der Waals surface area (Å²) in [5, 5.41) is 15.6. The molecule has 10 heteroatoms. The zero-order valence-corrected chi connectivity index (χ0v) is 14.6. The molecule has 1 aliphatic heterocycles. The lowest BCUT2D eigenvalue weighted by molar-refractivity contribution is -0.132. The number of aromatic nitrogens is 6. The number of pyridine rings is 1. The van der Waals surface area contributed by atoms with Crippen LogP contribution in [0.25, 0.3) is 0 Å². The number of carbonyl (C=O) groups is 1. The van der Waals surface area contributed by atoms with Crippen LogP contribution in [0.3, 0.4) is 0 Å². The zero-order chi connectivity index (χ0) is 18.5. The van der Waals surface area contributed by atoms with Crippen molar-refractivity contribution < 1.29 is 4.79 Å². The molecule has 0 aromatic carbocycles. The van der Waals surface area contributed by atoms with E-state index in [4.69, 9.17) is 0 Å². The van der Waals surface area contributed by atoms with E-state index in [1.165, 1.54) is 11.0 Å². The molecule has 0 aliphatic carbocycles. The molecule has 10 nitrogen and oxygen atoms in total. The fourth-order valence-electron chi connectivity index (χ4n) is 2.87. The number of hydrogen-bond donors (Lipinski definition) is 1. The van der Waals surface area contributed by atoms with Crippen LogP contribution in [-0.2, 0) is 11.3 Å². The van der Waals surface area contributed by atoms with Gasteiger partial charge in [0.05, 0.1) is 0 Å². The molecule has 1 fully saturated rings. The van der Waals surface area contributed by atoms with E-state index in [1.54, 1.807) is 12.5 Å². The predicted octanol–water partition coefficient (Wildman–Crippen LogP) is 0.555. The summed E-state index contributed by atoms with van der Waals surface area (Å²) in [6.07, 6.45) is 4.69. The first-order chi connectivity index (χ1) is 13.3. The van der Waals surface area contributed by atoms with Gasteiger partial charge in [0.1, 0.15) is 25.0 Å². The third kappa shape index (κ3) is 4.17. The van der Waals surface area contributed by atoms with Crippen LogP contribution >= 0.6 is 0 Å². The molecule has 0 saturated carbocycles. The van der Waals surface area contributed by atoms with Gasteiger partial charge in [-0.3, -0.25) is 4.79 Å². The molecule has 3 aromatic heterocycles. The predicted molar refractivity (Wildman–Crippen MR) is 98.4 cm³/mol. The molecule has 4 heterocycles. The Balaban J connectivity index is 1.31. The van der Waals surface area contributed by atoms with Crippen LogP contribution in [0.5, 0.6) is 0 Å². The van der Waals surface area contributed by atoms with E-state index >= 15 is 0 Å². The molecule has 0 radical (unpaired) electrons. The average molecular weight is 365 g/mol. The highest BCUT2D eigenvalue weighted by Crippen LogP contribution is 2.16. The molecule has 0 unspecified atom stereocenters. The Bertz CT molecular complexity index is 859. The van der Waals surface area contributed by atoms with Crippen molar-refractivity contribution in [3.05, 3.63) is 49.2 Å². The van der Waals surface area contributed by atoms with Crippen molar-refractivity contribution in [2.45, 2.75) is 6.54 Å². The second kappa shape index (κ2) is 7.77. The van der Waals surface area contributed by atoms with Gasteiger partial charge < -0.3 is 15.1 Å². The first kappa shape index (κ1) is 16.9. The van der Waals surface area contributed by atoms with Gasteiger partial charge in [-0.2, -0.15) is 5.10 Å². The van der Waals surface area contributed by atoms with Gasteiger partial charge in [-0.1, -0.05) is 6.07 Å². The van der Waals surface area contributed by atoms with E-state index in [-0.39, 0.29) is 12.5 Å². The molecule has 138 valence electrons. The maximum atomic E-state index is 12.3. The number of piperazine rings is 1. The standard InChI is InChI=1S/C17H19N9O/c27-17(11-26-13-18-12-20-26)25-9-7-24(8-10-25)16-5-4-15(22-23-16)21-14-3-1-2-6-19-14/h1-6,12-13H,7-11H2,(H,19,21,22). The molecule has 27 heavy (non-hydrogen) atoms. The summed E-state index contributed by atoms with van der Waals surface area (Å²) in [4.78, 5) is 24.3. The molecule has 1 N–H and O–H groups in total. The third-order valence-corrected chi connectivity index (χ3v) is 4.29. The van der Waals surface area contributed by atoms with Crippen LogP contribution in [-0.4, -0.2) is 66.9 Å². The summed E-state index contributed by atoms with van der Waals surface area (Å²) in [5.41, 5.74) is 0. The normalized spacial score (nSPS) is 14.2. The number of carbonyl (C=O) groups excluding carboxylic acids is 1. The summed E-state index contributed by atoms with van der Waals surface area (Å²) >= 11 is 0. The summed E-state index contributed by atoms with van der Waals surface area (Å²) < 4.78 is 1.54. The van der Waals surface area contributed by atoms with Crippen molar-refractivity contribution in [2.24, 2.45) is 0 Å². The third-order valence-electron chi connectivity index (χ3n) is 4.29. The van der Waals surface area contributed by atoms with Crippen LogP contribution in [0.15, 0.2) is 49.2 Å². The Morgan fingerprint density at radius 3 is 2.59 bits per heavy atom. The number of nitrogens with one attached hydrogen (secondary N) is 1. The fourth-order valence-corrected chi connectivity index (χ4v) is 2.87. The van der Waals surface area contributed by atoms with E-state index in [2.05, 4.69) is 35.5 Å². The Morgan fingerprint density at radius 1 is 1.04 bits per heavy atom. The number of amides is 1. The molecule has 0 spiro atoms. The minimum atomic E-state index is 0.0427. The second-order valence-corrected chi connectivity index (χ2v) is 6.08. The number of anilines is 3. The summed E-state index contributed by atoms with van der Waals surface area (Å²) in [6.45, 7) is 2.93. The first-order valence-corrected chi connectivity index (χ1v) is 8.65. The van der Waals surface area contributed by atoms with Gasteiger partial charge in [-0.05, 0) is 24.3 Å². The highest BCUT2D eigenvalue weighted by molar-refractivity contribution is 5.76. The van der Waals surface area contributed by atoms with E-state index < -0.39 is 0 Å². The maximum absolute atomic E-state index is 12.3. The number of hydrogen-bond acceptors (Lipinski definition) is 8. The van der Waals surface area contributed by atoms with Gasteiger partial charge in [-0.15, -0.1) is 10.2 Å². The van der Waals surface area contributed by atoms with Crippen molar-refractivity contribution in [3.63, 3.8) is 0 Å². The lowest BCUT2D eigenvalue weighted by Crippen LogP contribution is -2.49. The van der Waals surface area contributed by atoms with Gasteiger partial charge in [0, 0.05) is 32.4 Å².